The number of fused-ring (bicyclic) bond motifs is 6. The number of H-pyrrole nitrogens is 1. The molecule has 3 heterocycles. The Hall–Kier alpha value is -4.38. The standard InChI is InChI=1S/C36H37NO9/c1-5-44-35(41)34-21-8-7-20-22(13-19(15-38)30(40)27(20)18-6-9-25-17(12-18)10-11-37-25)28(21)29-32(43-4)23-14-26(36(2,3)42)45-31(23)24(16-39)33(29)46-34/h6-12,19-20,26-27,37-39,42H,5,13-16H2,1-4H3. The predicted molar refractivity (Wildman–Crippen MR) is 168 cm³/mol. The summed E-state index contributed by atoms with van der Waals surface area (Å²) in [6.45, 7) is 4.32. The third kappa shape index (κ3) is 4.50. The van der Waals surface area contributed by atoms with Crippen LogP contribution in [-0.4, -0.2) is 64.1 Å². The van der Waals surface area contributed by atoms with E-state index in [2.05, 4.69) is 4.98 Å². The number of aliphatic hydroxyl groups is 3. The molecule has 10 nitrogen and oxygen atoms in total. The molecule has 240 valence electrons. The second kappa shape index (κ2) is 11.2. The van der Waals surface area contributed by atoms with E-state index in [1.54, 1.807) is 26.8 Å². The van der Waals surface area contributed by atoms with Crippen LogP contribution in [0.4, 0.5) is 0 Å². The number of aliphatic hydroxyl groups excluding tert-OH is 2. The van der Waals surface area contributed by atoms with Gasteiger partial charge in [0.05, 0.1) is 49.6 Å². The molecule has 4 aliphatic rings. The number of ketones is 1. The lowest BCUT2D eigenvalue weighted by Crippen LogP contribution is -2.39. The highest BCUT2D eigenvalue weighted by molar-refractivity contribution is 6.04. The number of hydrogen-bond acceptors (Lipinski definition) is 9. The Labute approximate surface area is 265 Å². The first kappa shape index (κ1) is 30.3. The molecule has 1 saturated carbocycles. The van der Waals surface area contributed by atoms with E-state index in [4.69, 9.17) is 18.9 Å². The maximum absolute atomic E-state index is 14.0. The third-order valence-electron chi connectivity index (χ3n) is 9.66. The lowest BCUT2D eigenvalue weighted by Gasteiger charge is -2.41. The molecule has 4 N–H and O–H groups in total. The normalized spacial score (nSPS) is 23.4. The van der Waals surface area contributed by atoms with Crippen molar-refractivity contribution in [2.24, 2.45) is 11.8 Å². The number of benzene rings is 2. The Morgan fingerprint density at radius 1 is 1.15 bits per heavy atom. The summed E-state index contributed by atoms with van der Waals surface area (Å²) in [6.07, 6.45) is 5.51. The van der Waals surface area contributed by atoms with E-state index >= 15 is 0 Å². The molecule has 10 heteroatoms. The fourth-order valence-electron chi connectivity index (χ4n) is 7.46. The number of aromatic nitrogens is 1. The summed E-state index contributed by atoms with van der Waals surface area (Å²) in [5.41, 5.74) is 4.06. The summed E-state index contributed by atoms with van der Waals surface area (Å²) in [4.78, 5) is 30.7. The van der Waals surface area contributed by atoms with Crippen LogP contribution in [0.2, 0.25) is 0 Å². The molecule has 2 aliphatic heterocycles. The molecular formula is C36H37NO9. The van der Waals surface area contributed by atoms with E-state index < -0.39 is 42.0 Å². The molecule has 1 fully saturated rings. The zero-order chi connectivity index (χ0) is 32.5. The number of carbonyl (C=O) groups is 2. The number of hydrogen-bond donors (Lipinski definition) is 4. The molecule has 0 spiro atoms. The van der Waals surface area contributed by atoms with Crippen molar-refractivity contribution in [2.45, 2.75) is 57.8 Å². The Bertz CT molecular complexity index is 1870. The highest BCUT2D eigenvalue weighted by Gasteiger charge is 2.48. The van der Waals surface area contributed by atoms with Crippen molar-refractivity contribution in [1.82, 2.24) is 4.98 Å². The van der Waals surface area contributed by atoms with Gasteiger partial charge in [-0.3, -0.25) is 4.79 Å². The summed E-state index contributed by atoms with van der Waals surface area (Å²) in [5, 5.41) is 33.1. The van der Waals surface area contributed by atoms with Crippen molar-refractivity contribution in [3.05, 3.63) is 81.8 Å². The smallest absolute Gasteiger partial charge is 0.374 e. The minimum Gasteiger partial charge on any atom is -0.496 e. The van der Waals surface area contributed by atoms with Crippen molar-refractivity contribution < 1.29 is 43.9 Å². The van der Waals surface area contributed by atoms with Crippen molar-refractivity contribution in [3.63, 3.8) is 0 Å². The zero-order valence-corrected chi connectivity index (χ0v) is 26.2. The average molecular weight is 628 g/mol. The summed E-state index contributed by atoms with van der Waals surface area (Å²) < 4.78 is 24.1. The molecule has 7 rings (SSSR count). The summed E-state index contributed by atoms with van der Waals surface area (Å²) in [6, 6.07) is 7.85. The third-order valence-corrected chi connectivity index (χ3v) is 9.66. The van der Waals surface area contributed by atoms with Gasteiger partial charge < -0.3 is 39.3 Å². The van der Waals surface area contributed by atoms with Gasteiger partial charge in [-0.05, 0) is 56.3 Å². The Kier molecular flexibility index (Phi) is 7.34. The number of allylic oxidation sites excluding steroid dienone is 5. The van der Waals surface area contributed by atoms with E-state index in [0.717, 1.165) is 22.0 Å². The minimum atomic E-state index is -1.20. The van der Waals surface area contributed by atoms with E-state index in [1.165, 1.54) is 7.11 Å². The van der Waals surface area contributed by atoms with E-state index in [9.17, 15) is 24.9 Å². The lowest BCUT2D eigenvalue weighted by molar-refractivity contribution is -0.141. The first-order chi connectivity index (χ1) is 22.1. The summed E-state index contributed by atoms with van der Waals surface area (Å²) in [5.74, 6) is -1.48. The monoisotopic (exact) mass is 627 g/mol. The van der Waals surface area contributed by atoms with Gasteiger partial charge in [0.1, 0.15) is 29.1 Å². The Balaban J connectivity index is 1.51. The Morgan fingerprint density at radius 2 is 1.96 bits per heavy atom. The van der Waals surface area contributed by atoms with E-state index in [-0.39, 0.29) is 36.9 Å². The van der Waals surface area contributed by atoms with Crippen LogP contribution in [0, 0.1) is 11.8 Å². The molecular weight excluding hydrogens is 590 g/mol. The molecule has 3 aromatic rings. The first-order valence-corrected chi connectivity index (χ1v) is 15.6. The quantitative estimate of drug-likeness (QED) is 0.282. The van der Waals surface area contributed by atoms with Gasteiger partial charge in [-0.1, -0.05) is 23.8 Å². The zero-order valence-electron chi connectivity index (χ0n) is 26.2. The van der Waals surface area contributed by atoms with E-state index in [0.29, 0.717) is 45.8 Å². The van der Waals surface area contributed by atoms with Gasteiger partial charge in [-0.2, -0.15) is 0 Å². The molecule has 4 unspecified atom stereocenters. The van der Waals surface area contributed by atoms with Gasteiger partial charge >= 0.3 is 5.97 Å². The molecule has 0 saturated heterocycles. The topological polar surface area (TPSA) is 148 Å². The van der Waals surface area contributed by atoms with Crippen LogP contribution in [0.1, 0.15) is 55.4 Å². The first-order valence-electron chi connectivity index (χ1n) is 15.6. The summed E-state index contributed by atoms with van der Waals surface area (Å²) in [7, 11) is 1.54. The fourth-order valence-corrected chi connectivity index (χ4v) is 7.46. The number of methoxy groups -OCH3 is 1. The van der Waals surface area contributed by atoms with Crippen molar-refractivity contribution in [1.29, 1.82) is 0 Å². The number of rotatable bonds is 7. The average Bonchev–Trinajstić information content (AvgIpc) is 3.70. The SMILES string of the molecule is CCOC(=O)C1=C2C=CC3C(=C2c2c(OC)c4c(c(CO)c2O1)OC(C(C)(C)O)C4)CC(CO)C(=O)C3c1ccc2[nH]ccc2c1. The number of nitrogens with one attached hydrogen (secondary N) is 1. The fraction of sp³-hybridized carbons (Fsp3) is 0.389. The van der Waals surface area contributed by atoms with Crippen molar-refractivity contribution in [3.8, 4) is 17.2 Å². The van der Waals surface area contributed by atoms with Crippen LogP contribution in [0.5, 0.6) is 17.2 Å². The highest BCUT2D eigenvalue weighted by Crippen LogP contribution is 2.59. The van der Waals surface area contributed by atoms with E-state index in [1.807, 2.05) is 36.5 Å². The minimum absolute atomic E-state index is 0.0528. The molecule has 0 amide bonds. The Morgan fingerprint density at radius 3 is 2.65 bits per heavy atom. The molecule has 4 atom stereocenters. The van der Waals surface area contributed by atoms with Crippen molar-refractivity contribution >= 4 is 28.2 Å². The van der Waals surface area contributed by atoms with Crippen LogP contribution in [-0.2, 0) is 27.4 Å². The van der Waals surface area contributed by atoms with Crippen LogP contribution >= 0.6 is 0 Å². The second-order valence-electron chi connectivity index (χ2n) is 12.8. The molecule has 0 bridgehead atoms. The maximum Gasteiger partial charge on any atom is 0.374 e. The van der Waals surface area contributed by atoms with Gasteiger partial charge in [0.15, 0.2) is 0 Å². The second-order valence-corrected chi connectivity index (χ2v) is 12.8. The van der Waals surface area contributed by atoms with Crippen molar-refractivity contribution in [2.75, 3.05) is 20.3 Å². The van der Waals surface area contributed by atoms with Crippen LogP contribution in [0.15, 0.2) is 59.5 Å². The number of aromatic amines is 1. The number of carbonyl (C=O) groups excluding carboxylic acids is 2. The number of ether oxygens (including phenoxy) is 4. The van der Waals surface area contributed by atoms with Crippen LogP contribution in [0.3, 0.4) is 0 Å². The highest BCUT2D eigenvalue weighted by atomic mass is 16.6. The number of esters is 1. The predicted octanol–water partition coefficient (Wildman–Crippen LogP) is 4.26. The molecule has 2 aromatic carbocycles. The molecule has 46 heavy (non-hydrogen) atoms. The number of Topliss-reactive ketones (excluding diaryl/α,β-unsaturated/α-hetero) is 1. The van der Waals surface area contributed by atoms with Crippen LogP contribution in [0.25, 0.3) is 16.5 Å². The van der Waals surface area contributed by atoms with Gasteiger partial charge in [-0.25, -0.2) is 4.79 Å². The maximum atomic E-state index is 14.0. The summed E-state index contributed by atoms with van der Waals surface area (Å²) >= 11 is 0. The van der Waals surface area contributed by atoms with Gasteiger partial charge in [-0.15, -0.1) is 0 Å². The van der Waals surface area contributed by atoms with Gasteiger partial charge in [0, 0.05) is 46.7 Å². The largest absolute Gasteiger partial charge is 0.496 e. The lowest BCUT2D eigenvalue weighted by atomic mass is 9.63. The molecule has 2 aliphatic carbocycles. The van der Waals surface area contributed by atoms with Crippen LogP contribution < -0.4 is 14.2 Å². The molecule has 0 radical (unpaired) electrons. The van der Waals surface area contributed by atoms with Gasteiger partial charge in [0.2, 0.25) is 5.76 Å². The molecule has 1 aromatic heterocycles. The van der Waals surface area contributed by atoms with Gasteiger partial charge in [0.25, 0.3) is 0 Å².